The van der Waals surface area contributed by atoms with E-state index in [0.29, 0.717) is 25.7 Å². The first kappa shape index (κ1) is 24.4. The van der Waals surface area contributed by atoms with Gasteiger partial charge in [-0.1, -0.05) is 0 Å². The molecular weight excluding hydrogens is 513 g/mol. The molecule has 1 N–H and O–H groups in total. The van der Waals surface area contributed by atoms with E-state index in [2.05, 4.69) is 20.1 Å². The number of ether oxygens (including phenoxy) is 1. The summed E-state index contributed by atoms with van der Waals surface area (Å²) < 4.78 is 32.1. The molecule has 28 heavy (non-hydrogen) atoms. The van der Waals surface area contributed by atoms with Gasteiger partial charge in [0, 0.05) is 63.4 Å². The van der Waals surface area contributed by atoms with Gasteiger partial charge in [-0.25, -0.2) is 12.7 Å². The summed E-state index contributed by atoms with van der Waals surface area (Å²) in [6.45, 7) is 9.94. The minimum absolute atomic E-state index is 0. The standard InChI is InChI=1S/C17H33N5O3S2.HI/c1-2-18-17(19-4-14-27(23,24)22-8-12-26-13-9-22)21-5-3-16(15-21)20-6-10-25-11-7-20;/h16H,2-15H2,1H3,(H,18,19);1H. The van der Waals surface area contributed by atoms with Crippen molar-refractivity contribution in [2.75, 3.05) is 82.8 Å². The Labute approximate surface area is 190 Å². The molecule has 3 fully saturated rings. The zero-order valence-corrected chi connectivity index (χ0v) is 20.7. The van der Waals surface area contributed by atoms with Crippen molar-refractivity contribution in [2.24, 2.45) is 4.99 Å². The van der Waals surface area contributed by atoms with E-state index in [1.54, 1.807) is 4.31 Å². The van der Waals surface area contributed by atoms with Crippen molar-refractivity contribution in [1.82, 2.24) is 19.4 Å². The fourth-order valence-electron chi connectivity index (χ4n) is 3.82. The predicted molar refractivity (Wildman–Crippen MR) is 126 cm³/mol. The van der Waals surface area contributed by atoms with Gasteiger partial charge in [0.25, 0.3) is 0 Å². The Kier molecular flexibility index (Phi) is 10.6. The van der Waals surface area contributed by atoms with Crippen molar-refractivity contribution >= 4 is 51.7 Å². The van der Waals surface area contributed by atoms with Crippen LogP contribution in [-0.4, -0.2) is 117 Å². The van der Waals surface area contributed by atoms with Gasteiger partial charge in [-0.15, -0.1) is 24.0 Å². The third-order valence-electron chi connectivity index (χ3n) is 5.33. The Bertz CT molecular complexity index is 596. The smallest absolute Gasteiger partial charge is 0.215 e. The summed E-state index contributed by atoms with van der Waals surface area (Å²) in [5, 5.41) is 3.33. The second-order valence-electron chi connectivity index (χ2n) is 7.10. The second kappa shape index (κ2) is 12.1. The number of likely N-dealkylation sites (tertiary alicyclic amines) is 1. The molecular formula is C17H34IN5O3S2. The molecule has 3 heterocycles. The van der Waals surface area contributed by atoms with Crippen molar-refractivity contribution in [3.8, 4) is 0 Å². The summed E-state index contributed by atoms with van der Waals surface area (Å²) in [4.78, 5) is 9.41. The summed E-state index contributed by atoms with van der Waals surface area (Å²) in [5.41, 5.74) is 0. The minimum Gasteiger partial charge on any atom is -0.379 e. The highest BCUT2D eigenvalue weighted by atomic mass is 127. The van der Waals surface area contributed by atoms with Crippen molar-refractivity contribution in [1.29, 1.82) is 0 Å². The molecule has 0 aliphatic carbocycles. The first-order valence-corrected chi connectivity index (χ1v) is 12.8. The number of nitrogens with one attached hydrogen (secondary N) is 1. The third kappa shape index (κ3) is 6.86. The molecule has 0 aromatic heterocycles. The molecule has 0 aromatic rings. The molecule has 3 rings (SSSR count). The predicted octanol–water partition coefficient (Wildman–Crippen LogP) is 0.355. The molecule has 164 valence electrons. The number of hydrogen-bond donors (Lipinski definition) is 1. The SMILES string of the molecule is CCNC(=NCCS(=O)(=O)N1CCSCC1)N1CCC(N2CCOCC2)C1.I. The molecule has 1 unspecified atom stereocenters. The molecule has 0 bridgehead atoms. The van der Waals surface area contributed by atoms with E-state index in [9.17, 15) is 8.42 Å². The van der Waals surface area contributed by atoms with Gasteiger partial charge in [0.2, 0.25) is 10.0 Å². The lowest BCUT2D eigenvalue weighted by Crippen LogP contribution is -2.46. The van der Waals surface area contributed by atoms with Crippen LogP contribution in [0.3, 0.4) is 0 Å². The van der Waals surface area contributed by atoms with Gasteiger partial charge in [-0.05, 0) is 13.3 Å². The average molecular weight is 548 g/mol. The zero-order chi connectivity index (χ0) is 19.1. The monoisotopic (exact) mass is 547 g/mol. The number of morpholine rings is 1. The van der Waals surface area contributed by atoms with Gasteiger partial charge in [-0.2, -0.15) is 11.8 Å². The van der Waals surface area contributed by atoms with Crippen molar-refractivity contribution in [3.05, 3.63) is 0 Å². The van der Waals surface area contributed by atoms with Crippen molar-refractivity contribution in [3.63, 3.8) is 0 Å². The van der Waals surface area contributed by atoms with Crippen LogP contribution in [-0.2, 0) is 14.8 Å². The van der Waals surface area contributed by atoms with Crippen LogP contribution in [0.2, 0.25) is 0 Å². The van der Waals surface area contributed by atoms with E-state index in [4.69, 9.17) is 4.74 Å². The Morgan fingerprint density at radius 3 is 2.57 bits per heavy atom. The fraction of sp³-hybridized carbons (Fsp3) is 0.941. The van der Waals surface area contributed by atoms with Crippen molar-refractivity contribution in [2.45, 2.75) is 19.4 Å². The van der Waals surface area contributed by atoms with E-state index < -0.39 is 10.0 Å². The normalized spacial score (nSPS) is 25.5. The highest BCUT2D eigenvalue weighted by Gasteiger charge is 2.30. The topological polar surface area (TPSA) is 77.5 Å². The number of rotatable bonds is 6. The average Bonchev–Trinajstić information content (AvgIpc) is 3.19. The molecule has 0 aromatic carbocycles. The molecule has 0 saturated carbocycles. The van der Waals surface area contributed by atoms with Crippen LogP contribution in [0.1, 0.15) is 13.3 Å². The minimum atomic E-state index is -3.20. The van der Waals surface area contributed by atoms with Gasteiger partial charge in [-0.3, -0.25) is 9.89 Å². The lowest BCUT2D eigenvalue weighted by Gasteiger charge is -2.32. The number of halogens is 1. The number of sulfonamides is 1. The lowest BCUT2D eigenvalue weighted by molar-refractivity contribution is 0.0195. The zero-order valence-electron chi connectivity index (χ0n) is 16.7. The summed E-state index contributed by atoms with van der Waals surface area (Å²) in [7, 11) is -3.20. The lowest BCUT2D eigenvalue weighted by atomic mass is 10.2. The number of hydrogen-bond acceptors (Lipinski definition) is 6. The van der Waals surface area contributed by atoms with Crippen LogP contribution in [0.25, 0.3) is 0 Å². The molecule has 1 atom stereocenters. The molecule has 0 amide bonds. The van der Waals surface area contributed by atoms with Crippen LogP contribution in [0.15, 0.2) is 4.99 Å². The van der Waals surface area contributed by atoms with E-state index in [1.165, 1.54) is 0 Å². The summed E-state index contributed by atoms with van der Waals surface area (Å²) in [6.07, 6.45) is 1.12. The number of aliphatic imine (C=N–C) groups is 1. The van der Waals surface area contributed by atoms with Crippen molar-refractivity contribution < 1.29 is 13.2 Å². The molecule has 3 saturated heterocycles. The summed E-state index contributed by atoms with van der Waals surface area (Å²) in [5.74, 6) is 2.72. The third-order valence-corrected chi connectivity index (χ3v) is 8.13. The van der Waals surface area contributed by atoms with E-state index in [1.807, 2.05) is 18.7 Å². The van der Waals surface area contributed by atoms with Gasteiger partial charge < -0.3 is 15.0 Å². The molecule has 0 spiro atoms. The molecule has 0 radical (unpaired) electrons. The molecule has 3 aliphatic heterocycles. The number of nitrogens with zero attached hydrogens (tertiary/aromatic N) is 4. The Morgan fingerprint density at radius 2 is 1.89 bits per heavy atom. The van der Waals surface area contributed by atoms with E-state index in [-0.39, 0.29) is 29.7 Å². The van der Waals surface area contributed by atoms with Crippen LogP contribution in [0, 0.1) is 0 Å². The highest BCUT2D eigenvalue weighted by molar-refractivity contribution is 14.0. The fourth-order valence-corrected chi connectivity index (χ4v) is 6.27. The molecule has 3 aliphatic rings. The van der Waals surface area contributed by atoms with Crippen LogP contribution >= 0.6 is 35.7 Å². The number of thioether (sulfide) groups is 1. The van der Waals surface area contributed by atoms with Crippen LogP contribution in [0.5, 0.6) is 0 Å². The number of guanidine groups is 1. The second-order valence-corrected chi connectivity index (χ2v) is 10.4. The largest absolute Gasteiger partial charge is 0.379 e. The van der Waals surface area contributed by atoms with Crippen LogP contribution in [0.4, 0.5) is 0 Å². The Morgan fingerprint density at radius 1 is 1.18 bits per heavy atom. The van der Waals surface area contributed by atoms with E-state index >= 15 is 0 Å². The van der Waals surface area contributed by atoms with E-state index in [0.717, 1.165) is 69.8 Å². The Hall–Kier alpha value is 0.180. The maximum Gasteiger partial charge on any atom is 0.215 e. The first-order valence-electron chi connectivity index (χ1n) is 10.0. The molecule has 8 nitrogen and oxygen atoms in total. The quantitative estimate of drug-likeness (QED) is 0.292. The Balaban J connectivity index is 0.00000280. The summed E-state index contributed by atoms with van der Waals surface area (Å²) in [6, 6.07) is 0.535. The molecule has 11 heteroatoms. The highest BCUT2D eigenvalue weighted by Crippen LogP contribution is 2.17. The maximum atomic E-state index is 12.5. The van der Waals surface area contributed by atoms with Crippen LogP contribution < -0.4 is 5.32 Å². The maximum absolute atomic E-state index is 12.5. The van der Waals surface area contributed by atoms with Gasteiger partial charge in [0.1, 0.15) is 0 Å². The summed E-state index contributed by atoms with van der Waals surface area (Å²) >= 11 is 1.82. The van der Waals surface area contributed by atoms with Gasteiger partial charge >= 0.3 is 0 Å². The first-order chi connectivity index (χ1) is 13.1. The van der Waals surface area contributed by atoms with Gasteiger partial charge in [0.15, 0.2) is 5.96 Å². The van der Waals surface area contributed by atoms with Gasteiger partial charge in [0.05, 0.1) is 25.5 Å².